The molecule has 0 unspecified atom stereocenters. The second-order valence-electron chi connectivity index (χ2n) is 7.70. The summed E-state index contributed by atoms with van der Waals surface area (Å²) in [5, 5.41) is 0. The molecule has 1 aromatic rings. The van der Waals surface area contributed by atoms with Crippen LogP contribution >= 0.6 is 11.6 Å². The zero-order valence-corrected chi connectivity index (χ0v) is 19.9. The summed E-state index contributed by atoms with van der Waals surface area (Å²) in [6, 6.07) is 2.11. The number of hydrogen-bond donors (Lipinski definition) is 0. The van der Waals surface area contributed by atoms with E-state index in [-0.39, 0.29) is 61.8 Å². The number of benzene rings is 1. The summed E-state index contributed by atoms with van der Waals surface area (Å²) < 4.78 is 30.5. The van der Waals surface area contributed by atoms with Gasteiger partial charge in [0.25, 0.3) is 11.8 Å². The number of alkyl halides is 1. The predicted molar refractivity (Wildman–Crippen MR) is 125 cm³/mol. The molecule has 9 nitrogen and oxygen atoms in total. The van der Waals surface area contributed by atoms with E-state index in [1.165, 1.54) is 12.0 Å². The predicted octanol–water partition coefficient (Wildman–Crippen LogP) is 2.34. The summed E-state index contributed by atoms with van der Waals surface area (Å²) >= 11 is 5.76. The van der Waals surface area contributed by atoms with Crippen LogP contribution in [0.5, 0.6) is 5.75 Å². The first kappa shape index (κ1) is 26.2. The van der Waals surface area contributed by atoms with Crippen molar-refractivity contribution in [2.24, 2.45) is 0 Å². The first-order valence-electron chi connectivity index (χ1n) is 10.9. The van der Waals surface area contributed by atoms with Gasteiger partial charge in [0.2, 0.25) is 5.91 Å². The van der Waals surface area contributed by atoms with Crippen molar-refractivity contribution in [3.05, 3.63) is 29.1 Å². The Kier molecular flexibility index (Phi) is 8.84. The topological polar surface area (TPSA) is 102 Å². The van der Waals surface area contributed by atoms with E-state index < -0.39 is 41.1 Å². The lowest BCUT2D eigenvalue weighted by Gasteiger charge is -2.30. The molecule has 0 N–H and O–H groups in total. The largest absolute Gasteiger partial charge is 0.481 e. The van der Waals surface area contributed by atoms with Gasteiger partial charge in [0.1, 0.15) is 18.2 Å². The quantitative estimate of drug-likeness (QED) is 0.231. The minimum atomic E-state index is -0.953. The number of terminal acetylenes is 1. The fourth-order valence-corrected chi connectivity index (χ4v) is 3.99. The Morgan fingerprint density at radius 3 is 2.60 bits per heavy atom. The molecule has 186 valence electrons. The van der Waals surface area contributed by atoms with Crippen LogP contribution in [0, 0.1) is 18.2 Å². The number of carbonyl (C=O) groups is 4. The monoisotopic (exact) mass is 506 g/mol. The molecule has 0 spiro atoms. The SMILES string of the molecule is C#CCN1C(=O)COc2cc(F)c(N(C(=O)CCl)C(=O)C3=C(C(=O)OCCOC)CCCC3)cc21. The van der Waals surface area contributed by atoms with Crippen molar-refractivity contribution in [1.29, 1.82) is 0 Å². The molecule has 1 aliphatic carbocycles. The van der Waals surface area contributed by atoms with Crippen molar-refractivity contribution < 1.29 is 37.8 Å². The van der Waals surface area contributed by atoms with Gasteiger partial charge in [-0.2, -0.15) is 0 Å². The van der Waals surface area contributed by atoms with Gasteiger partial charge < -0.3 is 14.2 Å². The molecule has 3 amide bonds. The summed E-state index contributed by atoms with van der Waals surface area (Å²) in [6.45, 7) is -0.296. The van der Waals surface area contributed by atoms with Crippen molar-refractivity contribution in [2.45, 2.75) is 25.7 Å². The number of rotatable bonds is 8. The zero-order valence-electron chi connectivity index (χ0n) is 19.1. The third-order valence-corrected chi connectivity index (χ3v) is 5.75. The van der Waals surface area contributed by atoms with Gasteiger partial charge >= 0.3 is 5.97 Å². The molecule has 0 saturated heterocycles. The molecule has 1 heterocycles. The van der Waals surface area contributed by atoms with Crippen molar-refractivity contribution in [3.63, 3.8) is 0 Å². The van der Waals surface area contributed by atoms with Gasteiger partial charge in [-0.15, -0.1) is 18.0 Å². The number of anilines is 2. The van der Waals surface area contributed by atoms with Gasteiger partial charge in [-0.25, -0.2) is 14.1 Å². The molecule has 0 fully saturated rings. The number of halogens is 2. The third-order valence-electron chi connectivity index (χ3n) is 5.52. The molecule has 0 bridgehead atoms. The number of amides is 3. The number of esters is 1. The smallest absolute Gasteiger partial charge is 0.334 e. The molecule has 3 rings (SSSR count). The van der Waals surface area contributed by atoms with Crippen LogP contribution in [0.1, 0.15) is 25.7 Å². The maximum absolute atomic E-state index is 15.2. The summed E-state index contributed by atoms with van der Waals surface area (Å²) in [4.78, 5) is 53.0. The van der Waals surface area contributed by atoms with Crippen LogP contribution in [0.2, 0.25) is 0 Å². The van der Waals surface area contributed by atoms with Crippen molar-refractivity contribution >= 4 is 46.7 Å². The van der Waals surface area contributed by atoms with Crippen molar-refractivity contribution in [3.8, 4) is 18.1 Å². The second kappa shape index (κ2) is 11.8. The molecule has 0 atom stereocenters. The van der Waals surface area contributed by atoms with Gasteiger partial charge in [-0.1, -0.05) is 5.92 Å². The number of imide groups is 1. The molecule has 35 heavy (non-hydrogen) atoms. The number of methoxy groups -OCH3 is 1. The van der Waals surface area contributed by atoms with Crippen LogP contribution in [0.15, 0.2) is 23.3 Å². The highest BCUT2D eigenvalue weighted by atomic mass is 35.5. The molecule has 1 aliphatic heterocycles. The number of carbonyl (C=O) groups excluding carboxylic acids is 4. The summed E-state index contributed by atoms with van der Waals surface area (Å²) in [5.74, 6) is -2.18. The molecule has 1 aromatic carbocycles. The van der Waals surface area contributed by atoms with E-state index in [1.54, 1.807) is 0 Å². The number of hydrogen-bond acceptors (Lipinski definition) is 7. The normalized spacial score (nSPS) is 15.1. The van der Waals surface area contributed by atoms with Crippen LogP contribution < -0.4 is 14.5 Å². The molecular weight excluding hydrogens is 483 g/mol. The number of nitrogens with zero attached hydrogens (tertiary/aromatic N) is 2. The van der Waals surface area contributed by atoms with Crippen LogP contribution in [-0.4, -0.2) is 63.0 Å². The minimum absolute atomic E-state index is 0.0108. The van der Waals surface area contributed by atoms with Crippen molar-refractivity contribution in [2.75, 3.05) is 49.2 Å². The Morgan fingerprint density at radius 2 is 1.94 bits per heavy atom. The van der Waals surface area contributed by atoms with E-state index in [2.05, 4.69) is 5.92 Å². The summed E-state index contributed by atoms with van der Waals surface area (Å²) in [7, 11) is 1.45. The standard InChI is InChI=1S/C24H24ClFN2O7/c1-3-8-27-19-12-18(17(26)11-20(19)35-14-22(27)30)28(21(29)13-25)23(31)15-6-4-5-7-16(15)24(32)34-10-9-33-2/h1,11-12H,4-10,13-14H2,2H3. The summed E-state index contributed by atoms with van der Waals surface area (Å²) in [6.07, 6.45) is 7.04. The highest BCUT2D eigenvalue weighted by Gasteiger charge is 2.35. The second-order valence-corrected chi connectivity index (χ2v) is 7.97. The van der Waals surface area contributed by atoms with Gasteiger partial charge in [0.05, 0.1) is 24.5 Å². The first-order valence-corrected chi connectivity index (χ1v) is 11.4. The maximum Gasteiger partial charge on any atom is 0.334 e. The lowest BCUT2D eigenvalue weighted by atomic mass is 9.90. The minimum Gasteiger partial charge on any atom is -0.481 e. The Morgan fingerprint density at radius 1 is 1.23 bits per heavy atom. The van der Waals surface area contributed by atoms with Crippen molar-refractivity contribution in [1.82, 2.24) is 0 Å². The number of ether oxygens (including phenoxy) is 3. The van der Waals surface area contributed by atoms with E-state index in [4.69, 9.17) is 32.2 Å². The molecule has 0 radical (unpaired) electrons. The van der Waals surface area contributed by atoms with Crippen LogP contribution in [-0.2, 0) is 28.7 Å². The molecular formula is C24H24ClFN2O7. The Labute approximate surface area is 206 Å². The average molecular weight is 507 g/mol. The molecule has 0 saturated carbocycles. The van der Waals surface area contributed by atoms with Gasteiger partial charge in [0, 0.05) is 24.3 Å². The maximum atomic E-state index is 15.2. The fourth-order valence-electron chi connectivity index (χ4n) is 3.87. The lowest BCUT2D eigenvalue weighted by Crippen LogP contribution is -2.42. The van der Waals surface area contributed by atoms with Crippen LogP contribution in [0.25, 0.3) is 0 Å². The Hall–Kier alpha value is -3.42. The van der Waals surface area contributed by atoms with E-state index in [0.29, 0.717) is 17.7 Å². The highest BCUT2D eigenvalue weighted by molar-refractivity contribution is 6.34. The van der Waals surface area contributed by atoms with E-state index in [0.717, 1.165) is 12.1 Å². The van der Waals surface area contributed by atoms with Gasteiger partial charge in [-0.05, 0) is 31.7 Å². The molecule has 2 aliphatic rings. The van der Waals surface area contributed by atoms with Gasteiger partial charge in [0.15, 0.2) is 12.4 Å². The van der Waals surface area contributed by atoms with Crippen LogP contribution in [0.4, 0.5) is 15.8 Å². The first-order chi connectivity index (χ1) is 16.8. The van der Waals surface area contributed by atoms with E-state index in [9.17, 15) is 19.2 Å². The molecule has 0 aromatic heterocycles. The lowest BCUT2D eigenvalue weighted by molar-refractivity contribution is -0.141. The summed E-state index contributed by atoms with van der Waals surface area (Å²) in [5.41, 5.74) is -0.171. The molecule has 11 heteroatoms. The van der Waals surface area contributed by atoms with E-state index >= 15 is 4.39 Å². The number of fused-ring (bicyclic) bond motifs is 1. The highest BCUT2D eigenvalue weighted by Crippen LogP contribution is 2.39. The Balaban J connectivity index is 2.07. The van der Waals surface area contributed by atoms with E-state index in [1.807, 2.05) is 0 Å². The third kappa shape index (κ3) is 5.63. The van der Waals surface area contributed by atoms with Crippen LogP contribution in [0.3, 0.4) is 0 Å². The fraction of sp³-hybridized carbons (Fsp3) is 0.417. The Bertz CT molecular complexity index is 1110. The zero-order chi connectivity index (χ0) is 25.5. The average Bonchev–Trinajstić information content (AvgIpc) is 2.86. The van der Waals surface area contributed by atoms with Gasteiger partial charge in [-0.3, -0.25) is 19.3 Å².